The van der Waals surface area contributed by atoms with Gasteiger partial charge in [0.2, 0.25) is 0 Å². The van der Waals surface area contributed by atoms with E-state index in [2.05, 4.69) is 0 Å². The third-order valence-electron chi connectivity index (χ3n) is 2.86. The molecule has 0 spiro atoms. The Morgan fingerprint density at radius 1 is 0.950 bits per heavy atom. The van der Waals surface area contributed by atoms with E-state index >= 15 is 0 Å². The second-order valence-corrected chi connectivity index (χ2v) is 4.37. The number of ether oxygens (including phenoxy) is 2. The number of hydrogen-bond acceptors (Lipinski definition) is 3. The van der Waals surface area contributed by atoms with Crippen molar-refractivity contribution in [1.82, 2.24) is 0 Å². The molecule has 106 valence electrons. The summed E-state index contributed by atoms with van der Waals surface area (Å²) < 4.78 is 23.7. The second-order valence-electron chi connectivity index (χ2n) is 4.37. The average Bonchev–Trinajstić information content (AvgIpc) is 2.47. The Balaban J connectivity index is 1.90. The minimum atomic E-state index is -0.284. The summed E-state index contributed by atoms with van der Waals surface area (Å²) in [6.07, 6.45) is 0. The summed E-state index contributed by atoms with van der Waals surface area (Å²) in [6, 6.07) is 13.3. The topological polar surface area (TPSA) is 44.5 Å². The SMILES string of the molecule is CCOc1ccc(C(N)COc2ccc(F)cc2)cc1. The molecule has 1 unspecified atom stereocenters. The lowest BCUT2D eigenvalue weighted by atomic mass is 10.1. The van der Waals surface area contributed by atoms with Gasteiger partial charge in [0.15, 0.2) is 0 Å². The summed E-state index contributed by atoms with van der Waals surface area (Å²) in [5, 5.41) is 0. The molecule has 0 fully saturated rings. The van der Waals surface area contributed by atoms with Gasteiger partial charge in [0.25, 0.3) is 0 Å². The van der Waals surface area contributed by atoms with Gasteiger partial charge in [-0.25, -0.2) is 4.39 Å². The van der Waals surface area contributed by atoms with Crippen molar-refractivity contribution in [3.8, 4) is 11.5 Å². The summed E-state index contributed by atoms with van der Waals surface area (Å²) in [5.74, 6) is 1.14. The quantitative estimate of drug-likeness (QED) is 0.879. The molecule has 2 N–H and O–H groups in total. The van der Waals surface area contributed by atoms with Gasteiger partial charge in [-0.3, -0.25) is 0 Å². The van der Waals surface area contributed by atoms with Crippen LogP contribution in [0.1, 0.15) is 18.5 Å². The molecule has 0 amide bonds. The minimum Gasteiger partial charge on any atom is -0.494 e. The highest BCUT2D eigenvalue weighted by molar-refractivity contribution is 5.29. The van der Waals surface area contributed by atoms with E-state index < -0.39 is 0 Å². The fourth-order valence-electron chi connectivity index (χ4n) is 1.79. The van der Waals surface area contributed by atoms with Crippen molar-refractivity contribution < 1.29 is 13.9 Å². The van der Waals surface area contributed by atoms with E-state index in [-0.39, 0.29) is 11.9 Å². The highest BCUT2D eigenvalue weighted by Gasteiger charge is 2.07. The maximum Gasteiger partial charge on any atom is 0.123 e. The van der Waals surface area contributed by atoms with Crippen LogP contribution in [0.2, 0.25) is 0 Å². The predicted octanol–water partition coefficient (Wildman–Crippen LogP) is 3.30. The first-order valence-corrected chi connectivity index (χ1v) is 6.55. The van der Waals surface area contributed by atoms with E-state index in [1.807, 2.05) is 31.2 Å². The molecule has 2 aromatic carbocycles. The van der Waals surface area contributed by atoms with Crippen molar-refractivity contribution in [2.75, 3.05) is 13.2 Å². The van der Waals surface area contributed by atoms with Gasteiger partial charge < -0.3 is 15.2 Å². The van der Waals surface area contributed by atoms with Crippen molar-refractivity contribution in [3.63, 3.8) is 0 Å². The Hall–Kier alpha value is -2.07. The van der Waals surface area contributed by atoms with E-state index in [0.29, 0.717) is 19.0 Å². The van der Waals surface area contributed by atoms with Crippen molar-refractivity contribution >= 4 is 0 Å². The zero-order valence-corrected chi connectivity index (χ0v) is 11.4. The third kappa shape index (κ3) is 3.96. The summed E-state index contributed by atoms with van der Waals surface area (Å²) in [6.45, 7) is 2.91. The van der Waals surface area contributed by atoms with Crippen LogP contribution in [0.25, 0.3) is 0 Å². The molecule has 3 nitrogen and oxygen atoms in total. The lowest BCUT2D eigenvalue weighted by molar-refractivity contribution is 0.290. The first kappa shape index (κ1) is 14.3. The molecular formula is C16H18FNO2. The highest BCUT2D eigenvalue weighted by Crippen LogP contribution is 2.18. The maximum absolute atomic E-state index is 12.8. The van der Waals surface area contributed by atoms with Gasteiger partial charge in [-0.2, -0.15) is 0 Å². The zero-order chi connectivity index (χ0) is 14.4. The monoisotopic (exact) mass is 275 g/mol. The normalized spacial score (nSPS) is 11.9. The van der Waals surface area contributed by atoms with E-state index in [9.17, 15) is 4.39 Å². The summed E-state index contributed by atoms with van der Waals surface area (Å²) >= 11 is 0. The lowest BCUT2D eigenvalue weighted by Gasteiger charge is -2.14. The van der Waals surface area contributed by atoms with Crippen molar-refractivity contribution in [1.29, 1.82) is 0 Å². The smallest absolute Gasteiger partial charge is 0.123 e. The standard InChI is InChI=1S/C16H18FNO2/c1-2-19-14-7-3-12(4-8-14)16(18)11-20-15-9-5-13(17)6-10-15/h3-10,16H,2,11,18H2,1H3. The fraction of sp³-hybridized carbons (Fsp3) is 0.250. The molecule has 0 saturated carbocycles. The lowest BCUT2D eigenvalue weighted by Crippen LogP contribution is -2.18. The van der Waals surface area contributed by atoms with E-state index in [0.717, 1.165) is 11.3 Å². The summed E-state index contributed by atoms with van der Waals surface area (Å²) in [5.41, 5.74) is 7.02. The van der Waals surface area contributed by atoms with Crippen LogP contribution in [0.5, 0.6) is 11.5 Å². The Morgan fingerprint density at radius 3 is 2.10 bits per heavy atom. The fourth-order valence-corrected chi connectivity index (χ4v) is 1.79. The van der Waals surface area contributed by atoms with Crippen LogP contribution in [0, 0.1) is 5.82 Å². The number of rotatable bonds is 6. The predicted molar refractivity (Wildman–Crippen MR) is 76.4 cm³/mol. The summed E-state index contributed by atoms with van der Waals surface area (Å²) in [7, 11) is 0. The Labute approximate surface area is 118 Å². The molecular weight excluding hydrogens is 257 g/mol. The Morgan fingerprint density at radius 2 is 1.50 bits per heavy atom. The molecule has 0 aliphatic carbocycles. The Kier molecular flexibility index (Phi) is 4.96. The molecule has 0 aliphatic heterocycles. The van der Waals surface area contributed by atoms with Crippen LogP contribution in [0.15, 0.2) is 48.5 Å². The van der Waals surface area contributed by atoms with Gasteiger partial charge in [0, 0.05) is 0 Å². The van der Waals surface area contributed by atoms with Crippen LogP contribution < -0.4 is 15.2 Å². The van der Waals surface area contributed by atoms with Crippen molar-refractivity contribution in [2.45, 2.75) is 13.0 Å². The van der Waals surface area contributed by atoms with Crippen molar-refractivity contribution in [3.05, 3.63) is 59.9 Å². The molecule has 0 saturated heterocycles. The van der Waals surface area contributed by atoms with Crippen LogP contribution in [0.4, 0.5) is 4.39 Å². The van der Waals surface area contributed by atoms with Crippen LogP contribution in [0.3, 0.4) is 0 Å². The molecule has 4 heteroatoms. The molecule has 0 aromatic heterocycles. The van der Waals surface area contributed by atoms with E-state index in [1.165, 1.54) is 12.1 Å². The highest BCUT2D eigenvalue weighted by atomic mass is 19.1. The van der Waals surface area contributed by atoms with Gasteiger partial charge in [-0.15, -0.1) is 0 Å². The minimum absolute atomic E-state index is 0.240. The molecule has 2 rings (SSSR count). The molecule has 2 aromatic rings. The zero-order valence-electron chi connectivity index (χ0n) is 11.4. The third-order valence-corrected chi connectivity index (χ3v) is 2.86. The number of benzene rings is 2. The van der Waals surface area contributed by atoms with Gasteiger partial charge >= 0.3 is 0 Å². The first-order chi connectivity index (χ1) is 9.69. The van der Waals surface area contributed by atoms with Gasteiger partial charge in [0.1, 0.15) is 23.9 Å². The van der Waals surface area contributed by atoms with Crippen LogP contribution >= 0.6 is 0 Å². The largest absolute Gasteiger partial charge is 0.494 e. The number of hydrogen-bond donors (Lipinski definition) is 1. The molecule has 0 heterocycles. The van der Waals surface area contributed by atoms with Gasteiger partial charge in [-0.1, -0.05) is 12.1 Å². The maximum atomic E-state index is 12.8. The molecule has 20 heavy (non-hydrogen) atoms. The molecule has 0 aliphatic rings. The van der Waals surface area contributed by atoms with E-state index in [1.54, 1.807) is 12.1 Å². The second kappa shape index (κ2) is 6.91. The molecule has 0 bridgehead atoms. The van der Waals surface area contributed by atoms with Gasteiger partial charge in [-0.05, 0) is 48.9 Å². The van der Waals surface area contributed by atoms with Gasteiger partial charge in [0.05, 0.1) is 12.6 Å². The van der Waals surface area contributed by atoms with Crippen molar-refractivity contribution in [2.24, 2.45) is 5.73 Å². The number of nitrogens with two attached hydrogens (primary N) is 1. The molecule has 1 atom stereocenters. The van der Waals surface area contributed by atoms with Crippen LogP contribution in [-0.4, -0.2) is 13.2 Å². The average molecular weight is 275 g/mol. The van der Waals surface area contributed by atoms with Crippen LogP contribution in [-0.2, 0) is 0 Å². The summed E-state index contributed by atoms with van der Waals surface area (Å²) in [4.78, 5) is 0. The molecule has 0 radical (unpaired) electrons. The number of halogens is 1. The Bertz CT molecular complexity index is 525. The van der Waals surface area contributed by atoms with E-state index in [4.69, 9.17) is 15.2 Å². The first-order valence-electron chi connectivity index (χ1n) is 6.55.